The Morgan fingerprint density at radius 3 is 3.00 bits per heavy atom. The highest BCUT2D eigenvalue weighted by Gasteiger charge is 2.17. The number of nitrogens with one attached hydrogen (secondary N) is 2. The zero-order chi connectivity index (χ0) is 13.1. The highest BCUT2D eigenvalue weighted by Crippen LogP contribution is 2.25. The van der Waals surface area contributed by atoms with Crippen LogP contribution in [0.5, 0.6) is 0 Å². The smallest absolute Gasteiger partial charge is 0.321 e. The van der Waals surface area contributed by atoms with Crippen LogP contribution in [0.2, 0.25) is 0 Å². The van der Waals surface area contributed by atoms with Crippen molar-refractivity contribution in [1.82, 2.24) is 4.90 Å². The van der Waals surface area contributed by atoms with E-state index < -0.39 is 0 Å². The van der Waals surface area contributed by atoms with Crippen molar-refractivity contribution in [2.24, 2.45) is 0 Å². The van der Waals surface area contributed by atoms with Crippen molar-refractivity contribution < 1.29 is 9.53 Å². The third-order valence-corrected chi connectivity index (χ3v) is 3.59. The fourth-order valence-electron chi connectivity index (χ4n) is 2.52. The Hall–Kier alpha value is -1.75. The van der Waals surface area contributed by atoms with Crippen molar-refractivity contribution in [2.75, 3.05) is 43.5 Å². The first kappa shape index (κ1) is 12.3. The highest BCUT2D eigenvalue weighted by atomic mass is 16.5. The summed E-state index contributed by atoms with van der Waals surface area (Å²) in [4.78, 5) is 13.9. The van der Waals surface area contributed by atoms with Gasteiger partial charge in [0, 0.05) is 31.0 Å². The molecule has 0 aromatic heterocycles. The highest BCUT2D eigenvalue weighted by molar-refractivity contribution is 5.89. The number of benzene rings is 1. The number of urea groups is 1. The standard InChI is InChI=1S/C14H19N3O2/c18-14(17-6-8-19-9-7-17)16-12-3-4-13-11(10-12)2-1-5-15-13/h3-4,10,15H,1-2,5-9H2,(H,16,18). The van der Waals surface area contributed by atoms with E-state index in [9.17, 15) is 4.79 Å². The molecule has 2 amide bonds. The molecule has 1 aromatic carbocycles. The molecule has 102 valence electrons. The van der Waals surface area contributed by atoms with Crippen LogP contribution in [-0.4, -0.2) is 43.8 Å². The molecule has 0 atom stereocenters. The second kappa shape index (κ2) is 5.48. The maximum Gasteiger partial charge on any atom is 0.321 e. The van der Waals surface area contributed by atoms with Gasteiger partial charge in [-0.3, -0.25) is 0 Å². The lowest BCUT2D eigenvalue weighted by molar-refractivity contribution is 0.0564. The second-order valence-corrected chi connectivity index (χ2v) is 4.93. The van der Waals surface area contributed by atoms with Crippen LogP contribution in [0, 0.1) is 0 Å². The Balaban J connectivity index is 1.67. The minimum absolute atomic E-state index is 0.0352. The number of aryl methyl sites for hydroxylation is 1. The second-order valence-electron chi connectivity index (χ2n) is 4.93. The number of amides is 2. The van der Waals surface area contributed by atoms with E-state index in [1.54, 1.807) is 4.90 Å². The Kier molecular flexibility index (Phi) is 3.55. The van der Waals surface area contributed by atoms with E-state index in [4.69, 9.17) is 4.74 Å². The number of anilines is 2. The Labute approximate surface area is 112 Å². The van der Waals surface area contributed by atoms with Gasteiger partial charge in [-0.05, 0) is 36.6 Å². The SMILES string of the molecule is O=C(Nc1ccc2c(c1)CCCN2)N1CCOCC1. The molecule has 0 unspecified atom stereocenters. The lowest BCUT2D eigenvalue weighted by Gasteiger charge is -2.27. The lowest BCUT2D eigenvalue weighted by atomic mass is 10.0. The number of morpholine rings is 1. The molecule has 1 saturated heterocycles. The van der Waals surface area contributed by atoms with Crippen LogP contribution in [0.15, 0.2) is 18.2 Å². The van der Waals surface area contributed by atoms with Crippen molar-refractivity contribution in [2.45, 2.75) is 12.8 Å². The minimum atomic E-state index is -0.0352. The normalized spacial score (nSPS) is 18.4. The van der Waals surface area contributed by atoms with Crippen molar-refractivity contribution in [3.63, 3.8) is 0 Å². The minimum Gasteiger partial charge on any atom is -0.385 e. The van der Waals surface area contributed by atoms with Gasteiger partial charge >= 0.3 is 6.03 Å². The summed E-state index contributed by atoms with van der Waals surface area (Å²) in [6.45, 7) is 3.62. The quantitative estimate of drug-likeness (QED) is 0.812. The van der Waals surface area contributed by atoms with Crippen LogP contribution >= 0.6 is 0 Å². The predicted molar refractivity (Wildman–Crippen MR) is 74.7 cm³/mol. The third-order valence-electron chi connectivity index (χ3n) is 3.59. The predicted octanol–water partition coefficient (Wildman–Crippen LogP) is 1.91. The molecule has 0 radical (unpaired) electrons. The number of carbonyl (C=O) groups excluding carboxylic acids is 1. The molecule has 2 heterocycles. The maximum absolute atomic E-state index is 12.1. The zero-order valence-corrected chi connectivity index (χ0v) is 10.9. The number of fused-ring (bicyclic) bond motifs is 1. The first-order valence-electron chi connectivity index (χ1n) is 6.83. The summed E-state index contributed by atoms with van der Waals surface area (Å²) >= 11 is 0. The number of rotatable bonds is 1. The fraction of sp³-hybridized carbons (Fsp3) is 0.500. The summed E-state index contributed by atoms with van der Waals surface area (Å²) in [5, 5.41) is 6.33. The molecule has 2 aliphatic rings. The summed E-state index contributed by atoms with van der Waals surface area (Å²) in [5.74, 6) is 0. The van der Waals surface area contributed by atoms with E-state index in [1.807, 2.05) is 12.1 Å². The molecule has 0 saturated carbocycles. The molecule has 3 rings (SSSR count). The monoisotopic (exact) mass is 261 g/mol. The molecular formula is C14H19N3O2. The van der Waals surface area contributed by atoms with Crippen molar-refractivity contribution in [3.05, 3.63) is 23.8 Å². The summed E-state index contributed by atoms with van der Waals surface area (Å²) in [7, 11) is 0. The molecule has 0 spiro atoms. The van der Waals surface area contributed by atoms with Gasteiger partial charge in [-0.15, -0.1) is 0 Å². The molecular weight excluding hydrogens is 242 g/mol. The largest absolute Gasteiger partial charge is 0.385 e. The van der Waals surface area contributed by atoms with E-state index in [0.717, 1.165) is 25.1 Å². The first-order chi connectivity index (χ1) is 9.33. The van der Waals surface area contributed by atoms with Crippen molar-refractivity contribution >= 4 is 17.4 Å². The van der Waals surface area contributed by atoms with Crippen LogP contribution in [0.25, 0.3) is 0 Å². The third kappa shape index (κ3) is 2.81. The number of nitrogens with zero attached hydrogens (tertiary/aromatic N) is 1. The van der Waals surface area contributed by atoms with Crippen LogP contribution in [0.3, 0.4) is 0 Å². The van der Waals surface area contributed by atoms with Crippen LogP contribution in [0.4, 0.5) is 16.2 Å². The number of hydrogen-bond donors (Lipinski definition) is 2. The van der Waals surface area contributed by atoms with Crippen LogP contribution < -0.4 is 10.6 Å². The summed E-state index contributed by atoms with van der Waals surface area (Å²) < 4.78 is 5.24. The van der Waals surface area contributed by atoms with Gasteiger partial charge in [-0.2, -0.15) is 0 Å². The molecule has 2 N–H and O–H groups in total. The van der Waals surface area contributed by atoms with Gasteiger partial charge < -0.3 is 20.3 Å². The van der Waals surface area contributed by atoms with E-state index in [0.29, 0.717) is 26.3 Å². The topological polar surface area (TPSA) is 53.6 Å². The fourth-order valence-corrected chi connectivity index (χ4v) is 2.52. The number of ether oxygens (including phenoxy) is 1. The summed E-state index contributed by atoms with van der Waals surface area (Å²) in [5.41, 5.74) is 3.35. The maximum atomic E-state index is 12.1. The van der Waals surface area contributed by atoms with Crippen LogP contribution in [-0.2, 0) is 11.2 Å². The Bertz CT molecular complexity index is 470. The van der Waals surface area contributed by atoms with Gasteiger partial charge in [0.1, 0.15) is 0 Å². The summed E-state index contributed by atoms with van der Waals surface area (Å²) in [6.07, 6.45) is 2.22. The van der Waals surface area contributed by atoms with Gasteiger partial charge in [-0.1, -0.05) is 0 Å². The van der Waals surface area contributed by atoms with Gasteiger partial charge in [0.05, 0.1) is 13.2 Å². The Morgan fingerprint density at radius 2 is 2.16 bits per heavy atom. The molecule has 0 bridgehead atoms. The average molecular weight is 261 g/mol. The first-order valence-corrected chi connectivity index (χ1v) is 6.83. The van der Waals surface area contributed by atoms with Crippen LogP contribution in [0.1, 0.15) is 12.0 Å². The zero-order valence-electron chi connectivity index (χ0n) is 10.9. The molecule has 5 heteroatoms. The number of carbonyl (C=O) groups is 1. The molecule has 5 nitrogen and oxygen atoms in total. The molecule has 2 aliphatic heterocycles. The van der Waals surface area contributed by atoms with E-state index in [-0.39, 0.29) is 6.03 Å². The Morgan fingerprint density at radius 1 is 1.32 bits per heavy atom. The molecule has 1 fully saturated rings. The van der Waals surface area contributed by atoms with Gasteiger partial charge in [-0.25, -0.2) is 4.79 Å². The summed E-state index contributed by atoms with van der Waals surface area (Å²) in [6, 6.07) is 6.03. The van der Waals surface area contributed by atoms with Crippen molar-refractivity contribution in [1.29, 1.82) is 0 Å². The van der Waals surface area contributed by atoms with E-state index in [2.05, 4.69) is 16.7 Å². The molecule has 0 aliphatic carbocycles. The van der Waals surface area contributed by atoms with E-state index in [1.165, 1.54) is 11.3 Å². The lowest BCUT2D eigenvalue weighted by Crippen LogP contribution is -2.43. The van der Waals surface area contributed by atoms with E-state index >= 15 is 0 Å². The molecule has 19 heavy (non-hydrogen) atoms. The van der Waals surface area contributed by atoms with Gasteiger partial charge in [0.25, 0.3) is 0 Å². The average Bonchev–Trinajstić information content (AvgIpc) is 2.48. The van der Waals surface area contributed by atoms with Gasteiger partial charge in [0.15, 0.2) is 0 Å². The van der Waals surface area contributed by atoms with Gasteiger partial charge in [0.2, 0.25) is 0 Å². The van der Waals surface area contributed by atoms with Crippen molar-refractivity contribution in [3.8, 4) is 0 Å². The number of hydrogen-bond acceptors (Lipinski definition) is 3. The molecule has 1 aromatic rings.